The van der Waals surface area contributed by atoms with E-state index in [4.69, 9.17) is 22.4 Å². The van der Waals surface area contributed by atoms with E-state index >= 15 is 0 Å². The minimum absolute atomic E-state index is 0.00338. The predicted octanol–water partition coefficient (Wildman–Crippen LogP) is 1.23. The number of benzene rings is 1. The van der Waals surface area contributed by atoms with Crippen LogP contribution in [0.25, 0.3) is 0 Å². The minimum atomic E-state index is -3.64. The molecule has 1 aliphatic rings. The zero-order valence-corrected chi connectivity index (χ0v) is 12.2. The molecule has 2 rings (SSSR count). The normalized spacial score (nSPS) is 20.9. The van der Waals surface area contributed by atoms with E-state index in [0.717, 1.165) is 5.56 Å². The minimum Gasteiger partial charge on any atom is -0.398 e. The number of nitrogen functional groups attached to an aromatic ring is 1. The highest BCUT2D eigenvalue weighted by atomic mass is 35.5. The summed E-state index contributed by atoms with van der Waals surface area (Å²) >= 11 is 6.02. The van der Waals surface area contributed by atoms with Crippen LogP contribution in [0.3, 0.4) is 0 Å². The summed E-state index contributed by atoms with van der Waals surface area (Å²) in [6.07, 6.45) is 0.661. The molecule has 19 heavy (non-hydrogen) atoms. The lowest BCUT2D eigenvalue weighted by atomic mass is 10.1. The highest BCUT2D eigenvalue weighted by molar-refractivity contribution is 7.89. The van der Waals surface area contributed by atoms with E-state index in [0.29, 0.717) is 25.2 Å². The molecular formula is C12H17ClN2O3S. The van der Waals surface area contributed by atoms with Gasteiger partial charge in [-0.25, -0.2) is 8.42 Å². The van der Waals surface area contributed by atoms with Crippen molar-refractivity contribution in [2.75, 3.05) is 25.4 Å². The van der Waals surface area contributed by atoms with Gasteiger partial charge in [0, 0.05) is 25.4 Å². The highest BCUT2D eigenvalue weighted by Crippen LogP contribution is 2.31. The molecule has 1 unspecified atom stereocenters. The summed E-state index contributed by atoms with van der Waals surface area (Å²) in [6, 6.07) is 2.96. The topological polar surface area (TPSA) is 83.6 Å². The van der Waals surface area contributed by atoms with Crippen molar-refractivity contribution < 1.29 is 13.5 Å². The van der Waals surface area contributed by atoms with E-state index < -0.39 is 10.0 Å². The SMILES string of the molecule is Cc1cc(Cl)c(S(=O)(=O)N2CCC(CO)C2)cc1N. The zero-order chi connectivity index (χ0) is 14.2. The van der Waals surface area contributed by atoms with Gasteiger partial charge in [0.05, 0.1) is 5.02 Å². The third kappa shape index (κ3) is 2.72. The summed E-state index contributed by atoms with van der Waals surface area (Å²) in [7, 11) is -3.64. The Morgan fingerprint density at radius 3 is 2.79 bits per heavy atom. The maximum Gasteiger partial charge on any atom is 0.244 e. The number of nitrogens with two attached hydrogens (primary N) is 1. The fourth-order valence-corrected chi connectivity index (χ4v) is 4.29. The molecule has 0 bridgehead atoms. The number of nitrogens with zero attached hydrogens (tertiary/aromatic N) is 1. The first kappa shape index (κ1) is 14.6. The number of anilines is 1. The van der Waals surface area contributed by atoms with Gasteiger partial charge >= 0.3 is 0 Å². The van der Waals surface area contributed by atoms with Gasteiger partial charge < -0.3 is 10.8 Å². The van der Waals surface area contributed by atoms with Gasteiger partial charge in [0.15, 0.2) is 0 Å². The number of sulfonamides is 1. The van der Waals surface area contributed by atoms with Crippen LogP contribution < -0.4 is 5.73 Å². The summed E-state index contributed by atoms with van der Waals surface area (Å²) in [5.74, 6) is -0.00338. The number of rotatable bonds is 3. The van der Waals surface area contributed by atoms with E-state index in [2.05, 4.69) is 0 Å². The van der Waals surface area contributed by atoms with Crippen LogP contribution in [0.2, 0.25) is 5.02 Å². The molecule has 1 saturated heterocycles. The van der Waals surface area contributed by atoms with Crippen molar-refractivity contribution in [2.45, 2.75) is 18.2 Å². The second-order valence-corrected chi connectivity index (χ2v) is 7.15. The van der Waals surface area contributed by atoms with Crippen LogP contribution in [0.5, 0.6) is 0 Å². The van der Waals surface area contributed by atoms with E-state index in [-0.39, 0.29) is 22.4 Å². The van der Waals surface area contributed by atoms with Gasteiger partial charge in [0.25, 0.3) is 0 Å². The Morgan fingerprint density at radius 2 is 2.21 bits per heavy atom. The van der Waals surface area contributed by atoms with Crippen LogP contribution in [0.4, 0.5) is 5.69 Å². The first-order valence-corrected chi connectivity index (χ1v) is 7.84. The molecule has 1 aromatic carbocycles. The van der Waals surface area contributed by atoms with Gasteiger partial charge in [-0.3, -0.25) is 0 Å². The number of halogens is 1. The molecule has 1 heterocycles. The molecule has 1 atom stereocenters. The van der Waals surface area contributed by atoms with Crippen molar-refractivity contribution in [1.29, 1.82) is 0 Å². The summed E-state index contributed by atoms with van der Waals surface area (Å²) in [5, 5.41) is 9.27. The van der Waals surface area contributed by atoms with Crippen LogP contribution >= 0.6 is 11.6 Å². The molecule has 1 aliphatic heterocycles. The van der Waals surface area contributed by atoms with Gasteiger partial charge in [0.1, 0.15) is 4.90 Å². The van der Waals surface area contributed by atoms with Gasteiger partial charge in [-0.1, -0.05) is 11.6 Å². The van der Waals surface area contributed by atoms with Crippen molar-refractivity contribution in [2.24, 2.45) is 5.92 Å². The van der Waals surface area contributed by atoms with E-state index in [1.165, 1.54) is 10.4 Å². The van der Waals surface area contributed by atoms with Gasteiger partial charge in [-0.2, -0.15) is 4.31 Å². The van der Waals surface area contributed by atoms with E-state index in [9.17, 15) is 8.42 Å². The summed E-state index contributed by atoms with van der Waals surface area (Å²) < 4.78 is 26.3. The molecule has 0 spiro atoms. The van der Waals surface area contributed by atoms with Crippen molar-refractivity contribution in [3.63, 3.8) is 0 Å². The quantitative estimate of drug-likeness (QED) is 0.823. The second-order valence-electron chi connectivity index (χ2n) is 4.84. The molecule has 5 nitrogen and oxygen atoms in total. The summed E-state index contributed by atoms with van der Waals surface area (Å²) in [6.45, 7) is 2.49. The predicted molar refractivity (Wildman–Crippen MR) is 74.6 cm³/mol. The molecule has 0 aliphatic carbocycles. The van der Waals surface area contributed by atoms with Crippen molar-refractivity contribution in [3.05, 3.63) is 22.7 Å². The lowest BCUT2D eigenvalue weighted by Gasteiger charge is -2.18. The average Bonchev–Trinajstić information content (AvgIpc) is 2.83. The summed E-state index contributed by atoms with van der Waals surface area (Å²) in [4.78, 5) is 0.0378. The highest BCUT2D eigenvalue weighted by Gasteiger charge is 2.33. The second kappa shape index (κ2) is 5.28. The van der Waals surface area contributed by atoms with Crippen LogP contribution in [0.15, 0.2) is 17.0 Å². The first-order chi connectivity index (χ1) is 8.86. The van der Waals surface area contributed by atoms with Crippen LogP contribution in [0, 0.1) is 12.8 Å². The van der Waals surface area contributed by atoms with E-state index in [1.807, 2.05) is 0 Å². The Hall–Kier alpha value is -0.820. The third-order valence-electron chi connectivity index (χ3n) is 3.45. The maximum atomic E-state index is 12.5. The molecule has 0 aromatic heterocycles. The van der Waals surface area contributed by atoms with Crippen LogP contribution in [-0.4, -0.2) is 37.5 Å². The lowest BCUT2D eigenvalue weighted by molar-refractivity contribution is 0.233. The number of aliphatic hydroxyl groups excluding tert-OH is 1. The van der Waals surface area contributed by atoms with E-state index in [1.54, 1.807) is 13.0 Å². The largest absolute Gasteiger partial charge is 0.398 e. The molecule has 7 heteroatoms. The number of hydrogen-bond acceptors (Lipinski definition) is 4. The summed E-state index contributed by atoms with van der Waals surface area (Å²) in [5.41, 5.74) is 6.91. The van der Waals surface area contributed by atoms with Crippen molar-refractivity contribution in [1.82, 2.24) is 4.31 Å². The van der Waals surface area contributed by atoms with Crippen LogP contribution in [-0.2, 0) is 10.0 Å². The fraction of sp³-hybridized carbons (Fsp3) is 0.500. The molecule has 0 radical (unpaired) electrons. The van der Waals surface area contributed by atoms with Crippen molar-refractivity contribution in [3.8, 4) is 0 Å². The Kier molecular flexibility index (Phi) is 4.06. The maximum absolute atomic E-state index is 12.5. The van der Waals surface area contributed by atoms with Crippen LogP contribution in [0.1, 0.15) is 12.0 Å². The fourth-order valence-electron chi connectivity index (χ4n) is 2.17. The van der Waals surface area contributed by atoms with Gasteiger partial charge in [0.2, 0.25) is 10.0 Å². The Balaban J connectivity index is 2.38. The molecule has 0 saturated carbocycles. The smallest absolute Gasteiger partial charge is 0.244 e. The zero-order valence-electron chi connectivity index (χ0n) is 10.6. The number of aliphatic hydroxyl groups is 1. The Labute approximate surface area is 118 Å². The van der Waals surface area contributed by atoms with Gasteiger partial charge in [-0.15, -0.1) is 0 Å². The average molecular weight is 305 g/mol. The van der Waals surface area contributed by atoms with Crippen molar-refractivity contribution >= 4 is 27.3 Å². The molecule has 106 valence electrons. The number of aryl methyl sites for hydroxylation is 1. The lowest BCUT2D eigenvalue weighted by Crippen LogP contribution is -2.29. The third-order valence-corrected chi connectivity index (χ3v) is 5.77. The molecule has 1 aromatic rings. The Morgan fingerprint density at radius 1 is 1.53 bits per heavy atom. The monoisotopic (exact) mass is 304 g/mol. The molecular weight excluding hydrogens is 288 g/mol. The first-order valence-electron chi connectivity index (χ1n) is 6.03. The van der Waals surface area contributed by atoms with Gasteiger partial charge in [-0.05, 0) is 37.0 Å². The number of hydrogen-bond donors (Lipinski definition) is 2. The standard InChI is InChI=1S/C12H17ClN2O3S/c1-8-4-10(13)12(5-11(8)14)19(17,18)15-3-2-9(6-15)7-16/h4-5,9,16H,2-3,6-7,14H2,1H3. The molecule has 1 fully saturated rings. The Bertz CT molecular complexity index is 589. The molecule has 3 N–H and O–H groups in total. The molecule has 0 amide bonds.